The number of hydrogen-bond donors (Lipinski definition) is 0. The molecule has 0 aliphatic heterocycles. The Morgan fingerprint density at radius 2 is 1.81 bits per heavy atom. The molecule has 84 valence electrons. The summed E-state index contributed by atoms with van der Waals surface area (Å²) in [6.45, 7) is 4.15. The Balaban J connectivity index is 2.31. The summed E-state index contributed by atoms with van der Waals surface area (Å²) in [5, 5.41) is -0.182. The summed E-state index contributed by atoms with van der Waals surface area (Å²) < 4.78 is 12.8. The van der Waals surface area contributed by atoms with E-state index in [1.165, 1.54) is 22.6 Å². The highest BCUT2D eigenvalue weighted by atomic mass is 35.5. The van der Waals surface area contributed by atoms with Gasteiger partial charge in [-0.1, -0.05) is 12.1 Å². The number of benzene rings is 1. The van der Waals surface area contributed by atoms with Crippen LogP contribution in [0.5, 0.6) is 0 Å². The highest BCUT2D eigenvalue weighted by Crippen LogP contribution is 2.35. The Hall–Kier alpha value is -0.860. The van der Waals surface area contributed by atoms with Gasteiger partial charge in [0, 0.05) is 9.75 Å². The van der Waals surface area contributed by atoms with Crippen molar-refractivity contribution in [2.24, 2.45) is 0 Å². The highest BCUT2D eigenvalue weighted by molar-refractivity contribution is 7.12. The highest BCUT2D eigenvalue weighted by Gasteiger charge is 2.14. The Kier molecular flexibility index (Phi) is 3.31. The molecule has 2 aromatic rings. The average molecular weight is 255 g/mol. The number of aryl methyl sites for hydroxylation is 2. The van der Waals surface area contributed by atoms with E-state index in [9.17, 15) is 4.39 Å². The predicted octanol–water partition coefficient (Wildman–Crippen LogP) is 4.83. The van der Waals surface area contributed by atoms with Gasteiger partial charge in [0.2, 0.25) is 0 Å². The van der Waals surface area contributed by atoms with Crippen molar-refractivity contribution in [3.05, 3.63) is 57.0 Å². The second-order valence-corrected chi connectivity index (χ2v) is 5.53. The van der Waals surface area contributed by atoms with E-state index in [0.717, 1.165) is 10.4 Å². The summed E-state index contributed by atoms with van der Waals surface area (Å²) >= 11 is 8.05. The van der Waals surface area contributed by atoms with Crippen LogP contribution in [0, 0.1) is 19.7 Å². The molecule has 0 N–H and O–H groups in total. The van der Waals surface area contributed by atoms with Gasteiger partial charge in [0.15, 0.2) is 0 Å². The summed E-state index contributed by atoms with van der Waals surface area (Å²) in [7, 11) is 0. The molecule has 0 aliphatic carbocycles. The summed E-state index contributed by atoms with van der Waals surface area (Å²) in [4.78, 5) is 2.39. The van der Waals surface area contributed by atoms with Crippen molar-refractivity contribution in [3.63, 3.8) is 0 Å². The van der Waals surface area contributed by atoms with Crippen LogP contribution >= 0.6 is 22.9 Å². The van der Waals surface area contributed by atoms with Gasteiger partial charge in [-0.3, -0.25) is 0 Å². The monoisotopic (exact) mass is 254 g/mol. The maximum absolute atomic E-state index is 12.8. The summed E-state index contributed by atoms with van der Waals surface area (Å²) in [5.74, 6) is -0.230. The van der Waals surface area contributed by atoms with E-state index in [0.29, 0.717) is 0 Å². The third-order valence-electron chi connectivity index (χ3n) is 2.60. The molecular weight excluding hydrogens is 243 g/mol. The second-order valence-electron chi connectivity index (χ2n) is 3.80. The number of halogens is 2. The van der Waals surface area contributed by atoms with Crippen LogP contribution in [0.2, 0.25) is 0 Å². The predicted molar refractivity (Wildman–Crippen MR) is 67.9 cm³/mol. The maximum atomic E-state index is 12.8. The zero-order valence-corrected chi connectivity index (χ0v) is 10.7. The van der Waals surface area contributed by atoms with Crippen LogP contribution in [-0.4, -0.2) is 0 Å². The lowest BCUT2D eigenvalue weighted by Crippen LogP contribution is -1.89. The van der Waals surface area contributed by atoms with Crippen LogP contribution in [0.4, 0.5) is 4.39 Å². The van der Waals surface area contributed by atoms with E-state index in [-0.39, 0.29) is 11.2 Å². The lowest BCUT2D eigenvalue weighted by molar-refractivity contribution is 0.627. The lowest BCUT2D eigenvalue weighted by Gasteiger charge is -2.06. The van der Waals surface area contributed by atoms with Gasteiger partial charge in [-0.05, 0) is 43.2 Å². The van der Waals surface area contributed by atoms with Crippen LogP contribution in [0.1, 0.15) is 26.3 Å². The average Bonchev–Trinajstić information content (AvgIpc) is 2.59. The van der Waals surface area contributed by atoms with Crippen molar-refractivity contribution < 1.29 is 4.39 Å². The topological polar surface area (TPSA) is 0 Å². The third-order valence-corrected chi connectivity index (χ3v) is 4.43. The standard InChI is InChI=1S/C13H12ClFS/c1-8-7-12(16-9(8)2)13(14)10-3-5-11(15)6-4-10/h3-7,13H,1-2H3. The molecule has 0 amide bonds. The molecule has 0 fully saturated rings. The first-order valence-electron chi connectivity index (χ1n) is 5.04. The quantitative estimate of drug-likeness (QED) is 0.673. The number of thiophene rings is 1. The fourth-order valence-corrected chi connectivity index (χ4v) is 2.91. The second kappa shape index (κ2) is 4.56. The van der Waals surface area contributed by atoms with E-state index in [2.05, 4.69) is 19.9 Å². The van der Waals surface area contributed by atoms with Crippen molar-refractivity contribution in [1.29, 1.82) is 0 Å². The van der Waals surface area contributed by atoms with Gasteiger partial charge in [0.05, 0.1) is 5.38 Å². The minimum atomic E-state index is -0.230. The van der Waals surface area contributed by atoms with Crippen LogP contribution in [-0.2, 0) is 0 Å². The zero-order chi connectivity index (χ0) is 11.7. The van der Waals surface area contributed by atoms with E-state index in [1.54, 1.807) is 23.5 Å². The normalized spacial score (nSPS) is 12.8. The molecule has 1 atom stereocenters. The smallest absolute Gasteiger partial charge is 0.123 e. The molecule has 0 radical (unpaired) electrons. The van der Waals surface area contributed by atoms with Crippen LogP contribution in [0.25, 0.3) is 0 Å². The van der Waals surface area contributed by atoms with Gasteiger partial charge in [-0.25, -0.2) is 4.39 Å². The fraction of sp³-hybridized carbons (Fsp3) is 0.231. The molecule has 0 bridgehead atoms. The molecule has 1 aromatic heterocycles. The van der Waals surface area contributed by atoms with E-state index >= 15 is 0 Å². The van der Waals surface area contributed by atoms with Crippen molar-refractivity contribution in [1.82, 2.24) is 0 Å². The van der Waals surface area contributed by atoms with Gasteiger partial charge >= 0.3 is 0 Å². The molecule has 0 saturated heterocycles. The third kappa shape index (κ3) is 2.28. The minimum Gasteiger partial charge on any atom is -0.207 e. The van der Waals surface area contributed by atoms with Gasteiger partial charge in [0.25, 0.3) is 0 Å². The van der Waals surface area contributed by atoms with Crippen molar-refractivity contribution in [3.8, 4) is 0 Å². The molecule has 16 heavy (non-hydrogen) atoms. The number of hydrogen-bond acceptors (Lipinski definition) is 1. The fourth-order valence-electron chi connectivity index (χ4n) is 1.52. The van der Waals surface area contributed by atoms with Crippen molar-refractivity contribution >= 4 is 22.9 Å². The Morgan fingerprint density at radius 1 is 1.19 bits per heavy atom. The van der Waals surface area contributed by atoms with Crippen LogP contribution in [0.3, 0.4) is 0 Å². The zero-order valence-electron chi connectivity index (χ0n) is 9.13. The molecule has 1 heterocycles. The lowest BCUT2D eigenvalue weighted by atomic mass is 10.1. The minimum absolute atomic E-state index is 0.182. The van der Waals surface area contributed by atoms with Gasteiger partial charge in [-0.15, -0.1) is 22.9 Å². The van der Waals surface area contributed by atoms with E-state index in [1.807, 2.05) is 0 Å². The first-order chi connectivity index (χ1) is 7.58. The first kappa shape index (κ1) is 11.6. The van der Waals surface area contributed by atoms with E-state index in [4.69, 9.17) is 11.6 Å². The molecule has 1 aromatic carbocycles. The molecule has 0 spiro atoms. The van der Waals surface area contributed by atoms with Crippen LogP contribution < -0.4 is 0 Å². The first-order valence-corrected chi connectivity index (χ1v) is 6.29. The summed E-state index contributed by atoms with van der Waals surface area (Å²) in [5.41, 5.74) is 2.19. The largest absolute Gasteiger partial charge is 0.207 e. The molecule has 2 rings (SSSR count). The van der Waals surface area contributed by atoms with Crippen LogP contribution in [0.15, 0.2) is 30.3 Å². The SMILES string of the molecule is Cc1cc(C(Cl)c2ccc(F)cc2)sc1C. The molecule has 1 unspecified atom stereocenters. The molecule has 3 heteroatoms. The van der Waals surface area contributed by atoms with Gasteiger partial charge < -0.3 is 0 Å². The van der Waals surface area contributed by atoms with Gasteiger partial charge in [0.1, 0.15) is 5.82 Å². The van der Waals surface area contributed by atoms with Gasteiger partial charge in [-0.2, -0.15) is 0 Å². The molecule has 0 saturated carbocycles. The number of alkyl halides is 1. The molecular formula is C13H12ClFS. The Morgan fingerprint density at radius 3 is 2.31 bits per heavy atom. The maximum Gasteiger partial charge on any atom is 0.123 e. The Labute approximate surface area is 104 Å². The van der Waals surface area contributed by atoms with Crippen molar-refractivity contribution in [2.45, 2.75) is 19.2 Å². The summed E-state index contributed by atoms with van der Waals surface area (Å²) in [6, 6.07) is 8.45. The summed E-state index contributed by atoms with van der Waals surface area (Å²) in [6.07, 6.45) is 0. The van der Waals surface area contributed by atoms with Crippen molar-refractivity contribution in [2.75, 3.05) is 0 Å². The van der Waals surface area contributed by atoms with E-state index < -0.39 is 0 Å². The Bertz CT molecular complexity index is 468. The molecule has 0 nitrogen and oxygen atoms in total. The molecule has 0 aliphatic rings. The number of rotatable bonds is 2.